The molecule has 1 aromatic carbocycles. The number of amides is 1. The molecule has 4 nitrogen and oxygen atoms in total. The summed E-state index contributed by atoms with van der Waals surface area (Å²) in [7, 11) is 1.62. The standard InChI is InChI=1S/C15H19BrN2O2.ClH/c1-20-13-8-10(2-3-12(13)16)18-14(19)11-9-15(11)4-6-17-7-5-15;/h2-3,8,11,17H,4-7,9H2,1H3,(H,18,19);1H. The minimum Gasteiger partial charge on any atom is -0.495 e. The van der Waals surface area contributed by atoms with E-state index in [4.69, 9.17) is 4.74 Å². The van der Waals surface area contributed by atoms with Crippen molar-refractivity contribution >= 4 is 39.9 Å². The molecular formula is C15H20BrClN2O2. The zero-order chi connectivity index (χ0) is 14.2. The van der Waals surface area contributed by atoms with Gasteiger partial charge in [0.2, 0.25) is 5.91 Å². The molecule has 6 heteroatoms. The third-order valence-electron chi connectivity index (χ3n) is 4.52. The fourth-order valence-electron chi connectivity index (χ4n) is 3.16. The predicted molar refractivity (Wildman–Crippen MR) is 89.2 cm³/mol. The molecule has 0 radical (unpaired) electrons. The Morgan fingerprint density at radius 2 is 2.14 bits per heavy atom. The summed E-state index contributed by atoms with van der Waals surface area (Å²) in [5.74, 6) is 1.06. The molecule has 1 heterocycles. The summed E-state index contributed by atoms with van der Waals surface area (Å²) in [6.07, 6.45) is 3.28. The van der Waals surface area contributed by atoms with Crippen LogP contribution in [-0.2, 0) is 4.79 Å². The Bertz CT molecular complexity index is 532. The first kappa shape index (κ1) is 16.6. The molecule has 2 N–H and O–H groups in total. The number of anilines is 1. The molecule has 1 spiro atoms. The number of carbonyl (C=O) groups is 1. The Morgan fingerprint density at radius 1 is 1.43 bits per heavy atom. The second kappa shape index (κ2) is 6.55. The zero-order valence-electron chi connectivity index (χ0n) is 11.9. The lowest BCUT2D eigenvalue weighted by Gasteiger charge is -2.23. The maximum Gasteiger partial charge on any atom is 0.228 e. The van der Waals surface area contributed by atoms with Gasteiger partial charge in [0.15, 0.2) is 0 Å². The van der Waals surface area contributed by atoms with Crippen molar-refractivity contribution in [2.24, 2.45) is 11.3 Å². The Hall–Kier alpha value is -0.780. The van der Waals surface area contributed by atoms with Crippen molar-refractivity contribution in [1.29, 1.82) is 0 Å². The van der Waals surface area contributed by atoms with Gasteiger partial charge in [-0.15, -0.1) is 12.4 Å². The molecule has 0 aromatic heterocycles. The molecule has 2 aliphatic rings. The Morgan fingerprint density at radius 3 is 2.81 bits per heavy atom. The highest BCUT2D eigenvalue weighted by molar-refractivity contribution is 9.10. The first-order valence-corrected chi connectivity index (χ1v) is 7.79. The maximum absolute atomic E-state index is 12.3. The van der Waals surface area contributed by atoms with Crippen LogP contribution in [0.4, 0.5) is 5.69 Å². The fourth-order valence-corrected chi connectivity index (χ4v) is 3.57. The quantitative estimate of drug-likeness (QED) is 0.853. The molecule has 2 fully saturated rings. The number of benzene rings is 1. The number of hydrogen-bond donors (Lipinski definition) is 2. The van der Waals surface area contributed by atoms with Crippen LogP contribution in [0.3, 0.4) is 0 Å². The van der Waals surface area contributed by atoms with Crippen LogP contribution in [0.2, 0.25) is 0 Å². The molecule has 21 heavy (non-hydrogen) atoms. The fraction of sp³-hybridized carbons (Fsp3) is 0.533. The molecule has 1 saturated carbocycles. The van der Waals surface area contributed by atoms with Crippen LogP contribution in [0.5, 0.6) is 5.75 Å². The van der Waals surface area contributed by atoms with Gasteiger partial charge in [-0.25, -0.2) is 0 Å². The van der Waals surface area contributed by atoms with Crippen molar-refractivity contribution in [3.63, 3.8) is 0 Å². The average Bonchev–Trinajstić information content (AvgIpc) is 3.15. The van der Waals surface area contributed by atoms with E-state index in [2.05, 4.69) is 26.6 Å². The van der Waals surface area contributed by atoms with E-state index >= 15 is 0 Å². The summed E-state index contributed by atoms with van der Waals surface area (Å²) in [4.78, 5) is 12.3. The number of carbonyl (C=O) groups excluding carboxylic acids is 1. The minimum absolute atomic E-state index is 0. The summed E-state index contributed by atoms with van der Waals surface area (Å²) in [6, 6.07) is 5.63. The van der Waals surface area contributed by atoms with Crippen LogP contribution >= 0.6 is 28.3 Å². The molecule has 1 aliphatic heterocycles. The highest BCUT2D eigenvalue weighted by Gasteiger charge is 2.57. The van der Waals surface area contributed by atoms with Crippen molar-refractivity contribution in [3.05, 3.63) is 22.7 Å². The average molecular weight is 376 g/mol. The van der Waals surface area contributed by atoms with E-state index in [0.717, 1.165) is 48.3 Å². The van der Waals surface area contributed by atoms with Crippen molar-refractivity contribution in [1.82, 2.24) is 5.32 Å². The summed E-state index contributed by atoms with van der Waals surface area (Å²) in [5, 5.41) is 6.37. The highest BCUT2D eigenvalue weighted by atomic mass is 79.9. The largest absolute Gasteiger partial charge is 0.495 e. The van der Waals surface area contributed by atoms with Gasteiger partial charge in [-0.3, -0.25) is 4.79 Å². The Labute approximate surface area is 139 Å². The summed E-state index contributed by atoms with van der Waals surface area (Å²) in [6.45, 7) is 2.08. The van der Waals surface area contributed by atoms with Crippen molar-refractivity contribution in [3.8, 4) is 5.75 Å². The van der Waals surface area contributed by atoms with Crippen LogP contribution < -0.4 is 15.4 Å². The van der Waals surface area contributed by atoms with Crippen LogP contribution in [0.25, 0.3) is 0 Å². The molecule has 116 valence electrons. The zero-order valence-corrected chi connectivity index (χ0v) is 14.4. The second-order valence-electron chi connectivity index (χ2n) is 5.71. The van der Waals surface area contributed by atoms with Gasteiger partial charge in [-0.1, -0.05) is 0 Å². The van der Waals surface area contributed by atoms with Gasteiger partial charge in [0.05, 0.1) is 11.6 Å². The van der Waals surface area contributed by atoms with E-state index in [0.29, 0.717) is 0 Å². The Kier molecular flexibility index (Phi) is 5.17. The molecular weight excluding hydrogens is 356 g/mol. The monoisotopic (exact) mass is 374 g/mol. The maximum atomic E-state index is 12.3. The first-order valence-electron chi connectivity index (χ1n) is 7.00. The van der Waals surface area contributed by atoms with Gasteiger partial charge in [0.1, 0.15) is 5.75 Å². The molecule has 1 aromatic rings. The lowest BCUT2D eigenvalue weighted by atomic mass is 9.92. The van der Waals surface area contributed by atoms with E-state index in [9.17, 15) is 4.79 Å². The van der Waals surface area contributed by atoms with Gasteiger partial charge >= 0.3 is 0 Å². The summed E-state index contributed by atoms with van der Waals surface area (Å²) >= 11 is 3.41. The number of hydrogen-bond acceptors (Lipinski definition) is 3. The van der Waals surface area contributed by atoms with E-state index in [1.807, 2.05) is 18.2 Å². The van der Waals surface area contributed by atoms with Crippen molar-refractivity contribution < 1.29 is 9.53 Å². The number of piperidine rings is 1. The van der Waals surface area contributed by atoms with Gasteiger partial charge < -0.3 is 15.4 Å². The predicted octanol–water partition coefficient (Wildman–Crippen LogP) is 3.21. The van der Waals surface area contributed by atoms with E-state index in [-0.39, 0.29) is 29.6 Å². The molecule has 1 amide bonds. The van der Waals surface area contributed by atoms with Crippen LogP contribution in [0.15, 0.2) is 22.7 Å². The van der Waals surface area contributed by atoms with Gasteiger partial charge in [0, 0.05) is 17.7 Å². The third kappa shape index (κ3) is 3.35. The normalized spacial score (nSPS) is 22.3. The molecule has 1 aliphatic carbocycles. The van der Waals surface area contributed by atoms with Gasteiger partial charge in [-0.2, -0.15) is 0 Å². The lowest BCUT2D eigenvalue weighted by Crippen LogP contribution is -2.31. The highest BCUT2D eigenvalue weighted by Crippen LogP contribution is 2.58. The second-order valence-corrected chi connectivity index (χ2v) is 6.56. The van der Waals surface area contributed by atoms with Crippen LogP contribution in [0.1, 0.15) is 19.3 Å². The number of ether oxygens (including phenoxy) is 1. The van der Waals surface area contributed by atoms with Crippen molar-refractivity contribution in [2.75, 3.05) is 25.5 Å². The van der Waals surface area contributed by atoms with Gasteiger partial charge in [-0.05, 0) is 65.8 Å². The van der Waals surface area contributed by atoms with E-state index in [1.165, 1.54) is 0 Å². The lowest BCUT2D eigenvalue weighted by molar-refractivity contribution is -0.118. The summed E-state index contributed by atoms with van der Waals surface area (Å²) in [5.41, 5.74) is 1.07. The molecule has 1 saturated heterocycles. The topological polar surface area (TPSA) is 50.4 Å². The molecule has 0 bridgehead atoms. The van der Waals surface area contributed by atoms with Crippen LogP contribution in [-0.4, -0.2) is 26.1 Å². The smallest absolute Gasteiger partial charge is 0.228 e. The number of halogens is 2. The molecule has 3 rings (SSSR count). The van der Waals surface area contributed by atoms with E-state index in [1.54, 1.807) is 7.11 Å². The number of rotatable bonds is 3. The summed E-state index contributed by atoms with van der Waals surface area (Å²) < 4.78 is 6.13. The van der Waals surface area contributed by atoms with Crippen molar-refractivity contribution in [2.45, 2.75) is 19.3 Å². The third-order valence-corrected chi connectivity index (χ3v) is 5.18. The molecule has 1 unspecified atom stereocenters. The first-order chi connectivity index (χ1) is 9.64. The molecule has 1 atom stereocenters. The van der Waals surface area contributed by atoms with Gasteiger partial charge in [0.25, 0.3) is 0 Å². The number of nitrogens with one attached hydrogen (secondary N) is 2. The van der Waals surface area contributed by atoms with Crippen LogP contribution in [0, 0.1) is 11.3 Å². The minimum atomic E-state index is 0. The SMILES string of the molecule is COc1cc(NC(=O)C2CC23CCNCC3)ccc1Br.Cl. The van der Waals surface area contributed by atoms with E-state index < -0.39 is 0 Å². The number of methoxy groups -OCH3 is 1. The Balaban J connectivity index is 0.00000161.